The van der Waals surface area contributed by atoms with Gasteiger partial charge < -0.3 is 14.2 Å². The Labute approximate surface area is 210 Å². The first kappa shape index (κ1) is 23.8. The van der Waals surface area contributed by atoms with Crippen LogP contribution in [-0.4, -0.2) is 41.9 Å². The van der Waals surface area contributed by atoms with E-state index in [1.165, 1.54) is 0 Å². The minimum absolute atomic E-state index is 0.162. The Bertz CT molecular complexity index is 1240. The number of carbonyl (C=O) groups is 1. The van der Waals surface area contributed by atoms with E-state index in [0.717, 1.165) is 78.0 Å². The molecule has 2 aromatic heterocycles. The number of fused-ring (bicyclic) bond motifs is 1. The summed E-state index contributed by atoms with van der Waals surface area (Å²) < 4.78 is 17.2. The number of esters is 1. The number of hydrogen-bond donors (Lipinski definition) is 0. The van der Waals surface area contributed by atoms with Gasteiger partial charge in [-0.1, -0.05) is 24.5 Å². The summed E-state index contributed by atoms with van der Waals surface area (Å²) in [6, 6.07) is 6.26. The van der Waals surface area contributed by atoms with E-state index in [2.05, 4.69) is 40.0 Å². The highest BCUT2D eigenvalue weighted by Gasteiger charge is 2.34. The van der Waals surface area contributed by atoms with Crippen LogP contribution in [0.25, 0.3) is 21.2 Å². The van der Waals surface area contributed by atoms with Crippen LogP contribution in [0.2, 0.25) is 0 Å². The number of carbonyl (C=O) groups excluding carboxylic acids is 1. The lowest BCUT2D eigenvalue weighted by atomic mass is 9.86. The second-order valence-electron chi connectivity index (χ2n) is 9.06. The van der Waals surface area contributed by atoms with E-state index in [4.69, 9.17) is 14.2 Å². The van der Waals surface area contributed by atoms with Crippen molar-refractivity contribution in [3.05, 3.63) is 41.8 Å². The predicted molar refractivity (Wildman–Crippen MR) is 136 cm³/mol. The van der Waals surface area contributed by atoms with Crippen molar-refractivity contribution in [1.29, 1.82) is 0 Å². The lowest BCUT2D eigenvalue weighted by Crippen LogP contribution is -2.37. The molecule has 6 nitrogen and oxygen atoms in total. The van der Waals surface area contributed by atoms with Crippen molar-refractivity contribution in [3.63, 3.8) is 0 Å². The number of pyridine rings is 1. The van der Waals surface area contributed by atoms with Gasteiger partial charge in [0.2, 0.25) is 0 Å². The van der Waals surface area contributed by atoms with Crippen LogP contribution in [0, 0.1) is 23.7 Å². The normalized spacial score (nSPS) is 20.7. The summed E-state index contributed by atoms with van der Waals surface area (Å²) in [6.07, 6.45) is 11.0. The topological polar surface area (TPSA) is 70.5 Å². The molecule has 35 heavy (non-hydrogen) atoms. The van der Waals surface area contributed by atoms with Crippen molar-refractivity contribution in [1.82, 2.24) is 9.97 Å². The fourth-order valence-electron chi connectivity index (χ4n) is 4.78. The highest BCUT2D eigenvalue weighted by molar-refractivity contribution is 7.15. The molecule has 1 aromatic carbocycles. The maximum absolute atomic E-state index is 12.5. The molecule has 0 N–H and O–H groups in total. The van der Waals surface area contributed by atoms with Crippen LogP contribution >= 0.6 is 11.3 Å². The minimum Gasteiger partial charge on any atom is -0.487 e. The van der Waals surface area contributed by atoms with Gasteiger partial charge in [-0.05, 0) is 56.6 Å². The molecule has 2 unspecified atom stereocenters. The van der Waals surface area contributed by atoms with Crippen molar-refractivity contribution in [3.8, 4) is 28.0 Å². The third-order valence-electron chi connectivity index (χ3n) is 6.69. The molecular formula is C28H30N2O4S. The molecule has 1 saturated carbocycles. The number of rotatable bonds is 5. The second-order valence-corrected chi connectivity index (χ2v) is 10.1. The van der Waals surface area contributed by atoms with Gasteiger partial charge in [-0.25, -0.2) is 4.98 Å². The predicted octanol–water partition coefficient (Wildman–Crippen LogP) is 5.64. The summed E-state index contributed by atoms with van der Waals surface area (Å²) in [5.74, 6) is 7.31. The average Bonchev–Trinajstić information content (AvgIpc) is 3.38. The summed E-state index contributed by atoms with van der Waals surface area (Å²) in [7, 11) is 0. The van der Waals surface area contributed by atoms with Crippen LogP contribution in [0.3, 0.4) is 0 Å². The Morgan fingerprint density at radius 3 is 2.86 bits per heavy atom. The van der Waals surface area contributed by atoms with Gasteiger partial charge in [0.1, 0.15) is 11.9 Å². The van der Waals surface area contributed by atoms with E-state index in [9.17, 15) is 4.79 Å². The molecule has 3 heterocycles. The van der Waals surface area contributed by atoms with Gasteiger partial charge >= 0.3 is 5.97 Å². The number of hydrogen-bond acceptors (Lipinski definition) is 7. The van der Waals surface area contributed by atoms with Crippen molar-refractivity contribution in [2.45, 2.75) is 51.6 Å². The molecule has 0 spiro atoms. The lowest BCUT2D eigenvalue weighted by Gasteiger charge is -2.30. The number of ether oxygens (including phenoxy) is 3. The molecule has 1 saturated heterocycles. The molecule has 182 valence electrons. The molecule has 0 radical (unpaired) electrons. The molecule has 1 aliphatic heterocycles. The first-order chi connectivity index (χ1) is 17.2. The summed E-state index contributed by atoms with van der Waals surface area (Å²) >= 11 is 1.60. The minimum atomic E-state index is -0.236. The SMILES string of the molecule is CCOC(=O)C1CCCCC1Oc1cncc2ccc(-c3cnc(C#CC4CCOCC4)s3)cc12. The fraction of sp³-hybridized carbons (Fsp3) is 0.464. The molecule has 3 aromatic rings. The van der Waals surface area contributed by atoms with Gasteiger partial charge in [-0.15, -0.1) is 11.3 Å². The molecule has 0 bridgehead atoms. The molecule has 7 heteroatoms. The monoisotopic (exact) mass is 490 g/mol. The number of aromatic nitrogens is 2. The highest BCUT2D eigenvalue weighted by atomic mass is 32.1. The van der Waals surface area contributed by atoms with Crippen molar-refractivity contribution >= 4 is 28.1 Å². The van der Waals surface area contributed by atoms with Crippen LogP contribution in [0.15, 0.2) is 36.8 Å². The largest absolute Gasteiger partial charge is 0.487 e. The van der Waals surface area contributed by atoms with Crippen molar-refractivity contribution < 1.29 is 19.0 Å². The van der Waals surface area contributed by atoms with Crippen LogP contribution < -0.4 is 4.74 Å². The number of thiazole rings is 1. The molecule has 2 fully saturated rings. The maximum Gasteiger partial charge on any atom is 0.312 e. The van der Waals surface area contributed by atoms with Crippen LogP contribution in [0.1, 0.15) is 50.5 Å². The van der Waals surface area contributed by atoms with Gasteiger partial charge in [0, 0.05) is 42.3 Å². The van der Waals surface area contributed by atoms with E-state index in [1.807, 2.05) is 19.3 Å². The second kappa shape index (κ2) is 11.2. The summed E-state index contributed by atoms with van der Waals surface area (Å²) in [5, 5.41) is 2.81. The summed E-state index contributed by atoms with van der Waals surface area (Å²) in [5.41, 5.74) is 1.07. The van der Waals surface area contributed by atoms with E-state index >= 15 is 0 Å². The van der Waals surface area contributed by atoms with E-state index in [-0.39, 0.29) is 18.0 Å². The Kier molecular flexibility index (Phi) is 7.60. The first-order valence-corrected chi connectivity index (χ1v) is 13.3. The Morgan fingerprint density at radius 2 is 2.00 bits per heavy atom. The smallest absolute Gasteiger partial charge is 0.312 e. The zero-order chi connectivity index (χ0) is 24.0. The first-order valence-electron chi connectivity index (χ1n) is 12.5. The van der Waals surface area contributed by atoms with Crippen LogP contribution in [0.5, 0.6) is 5.75 Å². The maximum atomic E-state index is 12.5. The van der Waals surface area contributed by atoms with E-state index in [0.29, 0.717) is 18.3 Å². The Hall–Kier alpha value is -2.95. The number of benzene rings is 1. The molecular weight excluding hydrogens is 460 g/mol. The molecule has 2 atom stereocenters. The van der Waals surface area contributed by atoms with E-state index in [1.54, 1.807) is 17.5 Å². The highest BCUT2D eigenvalue weighted by Crippen LogP contribution is 2.35. The van der Waals surface area contributed by atoms with Crippen molar-refractivity contribution in [2.75, 3.05) is 19.8 Å². The standard InChI is InChI=1S/C28H30N2O4S/c1-2-33-28(31)22-5-3-4-6-24(22)34-25-17-29-16-21-9-8-20(15-23(21)25)26-18-30-27(35-26)10-7-19-11-13-32-14-12-19/h8-9,15-19,22,24H,2-6,11-14H2,1H3. The summed E-state index contributed by atoms with van der Waals surface area (Å²) in [4.78, 5) is 22.5. The average molecular weight is 491 g/mol. The van der Waals surface area contributed by atoms with Gasteiger partial charge in [0.25, 0.3) is 0 Å². The van der Waals surface area contributed by atoms with Crippen LogP contribution in [0.4, 0.5) is 0 Å². The van der Waals surface area contributed by atoms with Gasteiger partial charge in [0.05, 0.1) is 23.6 Å². The van der Waals surface area contributed by atoms with Gasteiger partial charge in [0.15, 0.2) is 5.01 Å². The lowest BCUT2D eigenvalue weighted by molar-refractivity contribution is -0.152. The molecule has 1 aliphatic carbocycles. The molecule has 0 amide bonds. The third kappa shape index (κ3) is 5.66. The number of nitrogens with zero attached hydrogens (tertiary/aromatic N) is 2. The zero-order valence-corrected chi connectivity index (χ0v) is 20.8. The van der Waals surface area contributed by atoms with Gasteiger partial charge in [-0.3, -0.25) is 9.78 Å². The van der Waals surface area contributed by atoms with Crippen molar-refractivity contribution in [2.24, 2.45) is 11.8 Å². The Balaban J connectivity index is 1.38. The molecule has 5 rings (SSSR count). The third-order valence-corrected chi connectivity index (χ3v) is 7.65. The van der Waals surface area contributed by atoms with Gasteiger partial charge in [-0.2, -0.15) is 0 Å². The summed E-state index contributed by atoms with van der Waals surface area (Å²) in [6.45, 7) is 3.81. The Morgan fingerprint density at radius 1 is 1.14 bits per heavy atom. The zero-order valence-electron chi connectivity index (χ0n) is 20.0. The quantitative estimate of drug-likeness (QED) is 0.341. The van der Waals surface area contributed by atoms with Crippen LogP contribution in [-0.2, 0) is 14.3 Å². The fourth-order valence-corrected chi connectivity index (χ4v) is 5.55. The van der Waals surface area contributed by atoms with E-state index < -0.39 is 0 Å². The molecule has 2 aliphatic rings.